The maximum atomic E-state index is 12.3. The third kappa shape index (κ3) is 5.14. The zero-order valence-electron chi connectivity index (χ0n) is 15.5. The molecule has 0 fully saturated rings. The number of benzene rings is 1. The first-order valence-electron chi connectivity index (χ1n) is 8.73. The fraction of sp³-hybridized carbons (Fsp3) is 0.200. The van der Waals surface area contributed by atoms with Gasteiger partial charge in [-0.05, 0) is 35.6 Å². The molecule has 144 valence electrons. The monoisotopic (exact) mass is 396 g/mol. The maximum Gasteiger partial charge on any atom is 0.346 e. The van der Waals surface area contributed by atoms with Gasteiger partial charge in [-0.2, -0.15) is 10.1 Å². The van der Waals surface area contributed by atoms with Crippen LogP contribution in [0.4, 0.5) is 0 Å². The molecule has 3 aromatic rings. The molecular weight excluding hydrogens is 376 g/mol. The molecule has 7 nitrogen and oxygen atoms in total. The van der Waals surface area contributed by atoms with Crippen LogP contribution in [0.3, 0.4) is 0 Å². The summed E-state index contributed by atoms with van der Waals surface area (Å²) in [7, 11) is 0. The number of aromatic nitrogens is 2. The van der Waals surface area contributed by atoms with Crippen molar-refractivity contribution in [3.05, 3.63) is 69.6 Å². The molecule has 1 aromatic carbocycles. The number of hydrogen-bond donors (Lipinski definition) is 2. The highest BCUT2D eigenvalue weighted by Crippen LogP contribution is 2.21. The van der Waals surface area contributed by atoms with E-state index in [4.69, 9.17) is 4.74 Å². The van der Waals surface area contributed by atoms with E-state index in [1.54, 1.807) is 0 Å². The van der Waals surface area contributed by atoms with Crippen LogP contribution in [0.1, 0.15) is 29.9 Å². The van der Waals surface area contributed by atoms with Crippen molar-refractivity contribution in [3.63, 3.8) is 0 Å². The number of amides is 1. The summed E-state index contributed by atoms with van der Waals surface area (Å²) in [4.78, 5) is 31.3. The minimum Gasteiger partial charge on any atom is -0.493 e. The highest BCUT2D eigenvalue weighted by atomic mass is 32.1. The number of aromatic amines is 1. The average molecular weight is 396 g/mol. The molecule has 0 aliphatic heterocycles. The van der Waals surface area contributed by atoms with Gasteiger partial charge in [-0.15, -0.1) is 11.3 Å². The first kappa shape index (κ1) is 19.5. The summed E-state index contributed by atoms with van der Waals surface area (Å²) in [6, 6.07) is 12.7. The molecule has 1 amide bonds. The minimum absolute atomic E-state index is 0.00589. The Labute approximate surface area is 166 Å². The number of nitrogens with one attached hydrogen (secondary N) is 2. The lowest BCUT2D eigenvalue weighted by Gasteiger charge is -2.10. The van der Waals surface area contributed by atoms with E-state index < -0.39 is 11.6 Å². The van der Waals surface area contributed by atoms with E-state index in [1.807, 2.05) is 41.8 Å². The van der Waals surface area contributed by atoms with Crippen LogP contribution >= 0.6 is 11.3 Å². The Kier molecular flexibility index (Phi) is 6.33. The van der Waals surface area contributed by atoms with E-state index in [0.717, 1.165) is 10.4 Å². The normalized spacial score (nSPS) is 11.1. The van der Waals surface area contributed by atoms with Crippen LogP contribution in [0, 0.1) is 5.92 Å². The van der Waals surface area contributed by atoms with Crippen molar-refractivity contribution in [2.75, 3.05) is 6.61 Å². The molecule has 28 heavy (non-hydrogen) atoms. The molecule has 8 heteroatoms. The Hall–Kier alpha value is -3.26. The maximum absolute atomic E-state index is 12.3. The standard InChI is InChI=1S/C20H20N4O3S/c1-13(2)12-27-17-7-4-3-6-14(17)11-21-24-19(25)16-10-15(22-20(26)23-16)18-8-5-9-28-18/h3-11,13H,12H2,1-2H3,(H,24,25)(H,22,23,26)/b21-11+. The number of H-pyrrole nitrogens is 1. The highest BCUT2D eigenvalue weighted by Gasteiger charge is 2.11. The summed E-state index contributed by atoms with van der Waals surface area (Å²) < 4.78 is 5.75. The van der Waals surface area contributed by atoms with Gasteiger partial charge in [0.05, 0.1) is 23.4 Å². The first-order chi connectivity index (χ1) is 13.5. The van der Waals surface area contributed by atoms with Crippen LogP contribution in [0.25, 0.3) is 10.6 Å². The van der Waals surface area contributed by atoms with Crippen molar-refractivity contribution in [2.24, 2.45) is 11.0 Å². The molecule has 0 aliphatic rings. The lowest BCUT2D eigenvalue weighted by Crippen LogP contribution is -2.24. The van der Waals surface area contributed by atoms with Gasteiger partial charge in [-0.25, -0.2) is 10.2 Å². The number of para-hydroxylation sites is 1. The number of hydrazone groups is 1. The summed E-state index contributed by atoms with van der Waals surface area (Å²) in [6.45, 7) is 4.71. The van der Waals surface area contributed by atoms with Gasteiger partial charge in [0.15, 0.2) is 0 Å². The van der Waals surface area contributed by atoms with Crippen molar-refractivity contribution in [1.82, 2.24) is 15.4 Å². The SMILES string of the molecule is CC(C)COc1ccccc1/C=N/NC(=O)c1cc(-c2cccs2)[nH]c(=O)n1. The number of rotatable bonds is 7. The predicted octanol–water partition coefficient (Wildman–Crippen LogP) is 3.30. The third-order valence-electron chi connectivity index (χ3n) is 3.62. The Morgan fingerprint density at radius 2 is 2.14 bits per heavy atom. The highest BCUT2D eigenvalue weighted by molar-refractivity contribution is 7.13. The van der Waals surface area contributed by atoms with Crippen LogP contribution in [-0.4, -0.2) is 28.7 Å². The van der Waals surface area contributed by atoms with Crippen LogP contribution in [0.2, 0.25) is 0 Å². The van der Waals surface area contributed by atoms with Crippen LogP contribution in [0.5, 0.6) is 5.75 Å². The topological polar surface area (TPSA) is 96.4 Å². The smallest absolute Gasteiger partial charge is 0.346 e. The van der Waals surface area contributed by atoms with Gasteiger partial charge in [0.1, 0.15) is 11.4 Å². The first-order valence-corrected chi connectivity index (χ1v) is 9.61. The summed E-state index contributed by atoms with van der Waals surface area (Å²) in [5, 5.41) is 5.86. The fourth-order valence-electron chi connectivity index (χ4n) is 2.33. The molecule has 0 atom stereocenters. The van der Waals surface area contributed by atoms with E-state index in [1.165, 1.54) is 23.6 Å². The predicted molar refractivity (Wildman–Crippen MR) is 110 cm³/mol. The Balaban J connectivity index is 1.72. The number of thiophene rings is 1. The molecule has 0 radical (unpaired) electrons. The van der Waals surface area contributed by atoms with Crippen molar-refractivity contribution >= 4 is 23.5 Å². The summed E-state index contributed by atoms with van der Waals surface area (Å²) >= 11 is 1.46. The van der Waals surface area contributed by atoms with Gasteiger partial charge in [-0.3, -0.25) is 4.79 Å². The molecule has 2 aromatic heterocycles. The van der Waals surface area contributed by atoms with Gasteiger partial charge < -0.3 is 9.72 Å². The van der Waals surface area contributed by atoms with E-state index in [-0.39, 0.29) is 5.69 Å². The molecule has 2 N–H and O–H groups in total. The van der Waals surface area contributed by atoms with Crippen molar-refractivity contribution in [1.29, 1.82) is 0 Å². The van der Waals surface area contributed by atoms with E-state index >= 15 is 0 Å². The molecule has 0 aliphatic carbocycles. The van der Waals surface area contributed by atoms with Crippen LogP contribution in [0.15, 0.2) is 57.7 Å². The molecule has 0 saturated carbocycles. The van der Waals surface area contributed by atoms with Gasteiger partial charge in [-0.1, -0.05) is 32.0 Å². The Morgan fingerprint density at radius 1 is 1.32 bits per heavy atom. The van der Waals surface area contributed by atoms with Gasteiger partial charge in [0.2, 0.25) is 0 Å². The van der Waals surface area contributed by atoms with E-state index in [9.17, 15) is 9.59 Å². The molecule has 2 heterocycles. The minimum atomic E-state index is -0.590. The van der Waals surface area contributed by atoms with Crippen molar-refractivity contribution < 1.29 is 9.53 Å². The molecule has 0 spiro atoms. The largest absolute Gasteiger partial charge is 0.493 e. The number of carbonyl (C=O) groups is 1. The lowest BCUT2D eigenvalue weighted by atomic mass is 10.2. The second-order valence-corrected chi connectivity index (χ2v) is 7.35. The number of hydrogen-bond acceptors (Lipinski definition) is 6. The Morgan fingerprint density at radius 3 is 2.89 bits per heavy atom. The van der Waals surface area contributed by atoms with Crippen LogP contribution < -0.4 is 15.9 Å². The summed E-state index contributed by atoms with van der Waals surface area (Å²) in [5.74, 6) is 0.508. The van der Waals surface area contributed by atoms with Gasteiger partial charge in [0.25, 0.3) is 5.91 Å². The average Bonchev–Trinajstić information content (AvgIpc) is 3.21. The van der Waals surface area contributed by atoms with E-state index in [2.05, 4.69) is 34.3 Å². The summed E-state index contributed by atoms with van der Waals surface area (Å²) in [5.41, 5.74) is 3.08. The number of carbonyl (C=O) groups excluding carboxylic acids is 1. The molecule has 0 saturated heterocycles. The summed E-state index contributed by atoms with van der Waals surface area (Å²) in [6.07, 6.45) is 1.50. The zero-order chi connectivity index (χ0) is 19.9. The van der Waals surface area contributed by atoms with Gasteiger partial charge >= 0.3 is 5.69 Å². The quantitative estimate of drug-likeness (QED) is 0.473. The second-order valence-electron chi connectivity index (χ2n) is 6.40. The molecule has 0 bridgehead atoms. The fourth-order valence-corrected chi connectivity index (χ4v) is 3.03. The van der Waals surface area contributed by atoms with Crippen molar-refractivity contribution in [3.8, 4) is 16.3 Å². The molecular formula is C20H20N4O3S. The number of ether oxygens (including phenoxy) is 1. The zero-order valence-corrected chi connectivity index (χ0v) is 16.3. The van der Waals surface area contributed by atoms with Crippen molar-refractivity contribution in [2.45, 2.75) is 13.8 Å². The third-order valence-corrected chi connectivity index (χ3v) is 4.53. The Bertz CT molecular complexity index is 1030. The molecule has 3 rings (SSSR count). The second kappa shape index (κ2) is 9.09. The van der Waals surface area contributed by atoms with Crippen LogP contribution in [-0.2, 0) is 0 Å². The lowest BCUT2D eigenvalue weighted by molar-refractivity contribution is 0.0949. The van der Waals surface area contributed by atoms with E-state index in [0.29, 0.717) is 24.0 Å². The van der Waals surface area contributed by atoms with Gasteiger partial charge in [0, 0.05) is 5.56 Å². The number of nitrogens with zero attached hydrogens (tertiary/aromatic N) is 2. The molecule has 0 unspecified atom stereocenters.